The average molecular weight is 257 g/mol. The van der Waals surface area contributed by atoms with Crippen molar-refractivity contribution in [2.45, 2.75) is 19.4 Å². The van der Waals surface area contributed by atoms with Crippen molar-refractivity contribution in [2.24, 2.45) is 0 Å². The van der Waals surface area contributed by atoms with Gasteiger partial charge in [-0.3, -0.25) is 9.69 Å². The third-order valence-electron chi connectivity index (χ3n) is 3.77. The minimum Gasteiger partial charge on any atom is -0.336 e. The molecule has 1 heterocycles. The van der Waals surface area contributed by atoms with E-state index in [0.29, 0.717) is 17.2 Å². The summed E-state index contributed by atoms with van der Waals surface area (Å²) in [7, 11) is 2.10. The highest BCUT2D eigenvalue weighted by atomic mass is 16.2. The molecule has 1 aliphatic rings. The summed E-state index contributed by atoms with van der Waals surface area (Å²) in [6.45, 7) is 4.57. The van der Waals surface area contributed by atoms with Crippen LogP contribution in [0.5, 0.6) is 0 Å². The van der Waals surface area contributed by atoms with Gasteiger partial charge in [0, 0.05) is 31.2 Å². The molecule has 100 valence electrons. The van der Waals surface area contributed by atoms with Crippen molar-refractivity contribution < 1.29 is 4.79 Å². The fraction of sp³-hybridized carbons (Fsp3) is 0.467. The van der Waals surface area contributed by atoms with Crippen LogP contribution in [0.25, 0.3) is 0 Å². The second-order valence-corrected chi connectivity index (χ2v) is 4.99. The summed E-state index contributed by atoms with van der Waals surface area (Å²) in [5, 5.41) is 8.89. The highest BCUT2D eigenvalue weighted by Gasteiger charge is 2.26. The minimum absolute atomic E-state index is 0.0312. The van der Waals surface area contributed by atoms with Gasteiger partial charge in [0.15, 0.2) is 0 Å². The van der Waals surface area contributed by atoms with Crippen LogP contribution in [-0.4, -0.2) is 48.4 Å². The quantitative estimate of drug-likeness (QED) is 0.810. The van der Waals surface area contributed by atoms with Gasteiger partial charge < -0.3 is 4.90 Å². The van der Waals surface area contributed by atoms with Gasteiger partial charge in [0.25, 0.3) is 5.91 Å². The maximum absolute atomic E-state index is 12.4. The molecule has 0 aliphatic carbocycles. The van der Waals surface area contributed by atoms with Crippen LogP contribution in [0.3, 0.4) is 0 Å². The van der Waals surface area contributed by atoms with Crippen LogP contribution in [0.1, 0.15) is 29.3 Å². The van der Waals surface area contributed by atoms with E-state index in [-0.39, 0.29) is 5.91 Å². The highest BCUT2D eigenvalue weighted by Crippen LogP contribution is 2.14. The smallest absolute Gasteiger partial charge is 0.253 e. The fourth-order valence-corrected chi connectivity index (χ4v) is 2.48. The largest absolute Gasteiger partial charge is 0.336 e. The van der Waals surface area contributed by atoms with Gasteiger partial charge in [0.1, 0.15) is 0 Å². The molecule has 1 aromatic carbocycles. The molecular formula is C15H19N3O. The number of likely N-dealkylation sites (N-methyl/N-ethyl adjacent to an activating group) is 1. The summed E-state index contributed by atoms with van der Waals surface area (Å²) >= 11 is 0. The van der Waals surface area contributed by atoms with Gasteiger partial charge in [0.05, 0.1) is 11.6 Å². The molecule has 4 nitrogen and oxygen atoms in total. The van der Waals surface area contributed by atoms with Crippen molar-refractivity contribution in [3.8, 4) is 6.07 Å². The predicted molar refractivity (Wildman–Crippen MR) is 73.8 cm³/mol. The van der Waals surface area contributed by atoms with Gasteiger partial charge in [-0.25, -0.2) is 0 Å². The molecule has 1 amide bonds. The number of hydrogen-bond acceptors (Lipinski definition) is 3. The first-order valence-electron chi connectivity index (χ1n) is 6.65. The van der Waals surface area contributed by atoms with Gasteiger partial charge in [-0.05, 0) is 31.7 Å². The topological polar surface area (TPSA) is 47.3 Å². The lowest BCUT2D eigenvalue weighted by molar-refractivity contribution is 0.0542. The van der Waals surface area contributed by atoms with Crippen molar-refractivity contribution >= 4 is 5.91 Å². The first-order chi connectivity index (χ1) is 9.15. The predicted octanol–water partition coefficient (Wildman–Crippen LogP) is 1.72. The summed E-state index contributed by atoms with van der Waals surface area (Å²) in [4.78, 5) is 16.6. The molecule has 19 heavy (non-hydrogen) atoms. The number of benzene rings is 1. The Hall–Kier alpha value is -1.86. The number of rotatable bonds is 2. The Labute approximate surface area is 114 Å². The Balaban J connectivity index is 2.13. The van der Waals surface area contributed by atoms with Crippen molar-refractivity contribution in [3.63, 3.8) is 0 Å². The fourth-order valence-electron chi connectivity index (χ4n) is 2.48. The number of nitrogens with zero attached hydrogens (tertiary/aromatic N) is 3. The average Bonchev–Trinajstić information content (AvgIpc) is 2.47. The Morgan fingerprint density at radius 3 is 2.95 bits per heavy atom. The molecule has 0 radical (unpaired) electrons. The van der Waals surface area contributed by atoms with E-state index < -0.39 is 0 Å². The molecule has 1 unspecified atom stereocenters. The Morgan fingerprint density at radius 1 is 1.47 bits per heavy atom. The number of carbonyl (C=O) groups is 1. The second kappa shape index (κ2) is 5.85. The maximum atomic E-state index is 12.4. The molecule has 1 aliphatic heterocycles. The van der Waals surface area contributed by atoms with Gasteiger partial charge in [-0.15, -0.1) is 0 Å². The van der Waals surface area contributed by atoms with Crippen molar-refractivity contribution in [2.75, 3.05) is 26.7 Å². The molecule has 1 saturated heterocycles. The normalized spacial score (nSPS) is 20.1. The van der Waals surface area contributed by atoms with E-state index in [1.807, 2.05) is 4.90 Å². The third-order valence-corrected chi connectivity index (χ3v) is 3.77. The van der Waals surface area contributed by atoms with Gasteiger partial charge in [0.2, 0.25) is 0 Å². The van der Waals surface area contributed by atoms with Crippen LogP contribution >= 0.6 is 0 Å². The van der Waals surface area contributed by atoms with E-state index >= 15 is 0 Å². The number of hydrogen-bond donors (Lipinski definition) is 0. The molecule has 0 saturated carbocycles. The lowest BCUT2D eigenvalue weighted by atomic mass is 10.1. The molecule has 0 bridgehead atoms. The Morgan fingerprint density at radius 2 is 2.26 bits per heavy atom. The molecule has 2 rings (SSSR count). The van der Waals surface area contributed by atoms with E-state index in [1.165, 1.54) is 0 Å². The first-order valence-corrected chi connectivity index (χ1v) is 6.65. The number of piperazine rings is 1. The zero-order valence-corrected chi connectivity index (χ0v) is 11.5. The van der Waals surface area contributed by atoms with Crippen LogP contribution in [0.2, 0.25) is 0 Å². The summed E-state index contributed by atoms with van der Waals surface area (Å²) < 4.78 is 0. The first kappa shape index (κ1) is 13.6. The Kier molecular flexibility index (Phi) is 4.18. The summed E-state index contributed by atoms with van der Waals surface area (Å²) in [5.41, 5.74) is 1.14. The van der Waals surface area contributed by atoms with Crippen LogP contribution < -0.4 is 0 Å². The molecule has 4 heteroatoms. The minimum atomic E-state index is 0.0312. The molecule has 1 atom stereocenters. The van der Waals surface area contributed by atoms with Crippen LogP contribution in [-0.2, 0) is 0 Å². The number of amides is 1. The van der Waals surface area contributed by atoms with Crippen LogP contribution in [0, 0.1) is 11.3 Å². The lowest BCUT2D eigenvalue weighted by Gasteiger charge is -2.39. The van der Waals surface area contributed by atoms with Gasteiger partial charge >= 0.3 is 0 Å². The zero-order chi connectivity index (χ0) is 13.8. The van der Waals surface area contributed by atoms with E-state index in [9.17, 15) is 4.79 Å². The molecule has 1 fully saturated rings. The molecule has 1 aromatic rings. The standard InChI is InChI=1S/C15H19N3O/c1-3-14-11-18(8-7-17(14)2)15(19)13-6-4-5-12(9-13)10-16/h4-6,9,14H,3,7-8,11H2,1-2H3. The number of nitriles is 1. The summed E-state index contributed by atoms with van der Waals surface area (Å²) in [5.74, 6) is 0.0312. The van der Waals surface area contributed by atoms with Crippen molar-refractivity contribution in [1.29, 1.82) is 5.26 Å². The molecular weight excluding hydrogens is 238 g/mol. The number of carbonyl (C=O) groups excluding carboxylic acids is 1. The highest BCUT2D eigenvalue weighted by molar-refractivity contribution is 5.94. The zero-order valence-electron chi connectivity index (χ0n) is 11.5. The maximum Gasteiger partial charge on any atom is 0.253 e. The lowest BCUT2D eigenvalue weighted by Crippen LogP contribution is -2.52. The van der Waals surface area contributed by atoms with E-state index in [1.54, 1.807) is 24.3 Å². The van der Waals surface area contributed by atoms with Crippen LogP contribution in [0.4, 0.5) is 0 Å². The summed E-state index contributed by atoms with van der Waals surface area (Å²) in [6, 6.07) is 9.43. The van der Waals surface area contributed by atoms with E-state index in [4.69, 9.17) is 5.26 Å². The third kappa shape index (κ3) is 2.94. The van der Waals surface area contributed by atoms with Gasteiger partial charge in [-0.2, -0.15) is 5.26 Å². The molecule has 0 aromatic heterocycles. The Bertz CT molecular complexity index is 506. The van der Waals surface area contributed by atoms with E-state index in [0.717, 1.165) is 26.1 Å². The monoisotopic (exact) mass is 257 g/mol. The van der Waals surface area contributed by atoms with E-state index in [2.05, 4.69) is 24.9 Å². The molecule has 0 spiro atoms. The van der Waals surface area contributed by atoms with Gasteiger partial charge in [-0.1, -0.05) is 13.0 Å². The van der Waals surface area contributed by atoms with Crippen LogP contribution in [0.15, 0.2) is 24.3 Å². The summed E-state index contributed by atoms with van der Waals surface area (Å²) in [6.07, 6.45) is 1.04. The SMILES string of the molecule is CCC1CN(C(=O)c2cccc(C#N)c2)CCN1C. The van der Waals surface area contributed by atoms with Crippen molar-refractivity contribution in [1.82, 2.24) is 9.80 Å². The van der Waals surface area contributed by atoms with Crippen molar-refractivity contribution in [3.05, 3.63) is 35.4 Å². The molecule has 0 N–H and O–H groups in total. The second-order valence-electron chi connectivity index (χ2n) is 4.99.